The van der Waals surface area contributed by atoms with E-state index in [1.54, 1.807) is 12.1 Å². The lowest BCUT2D eigenvalue weighted by molar-refractivity contribution is -0.384. The average Bonchev–Trinajstić information content (AvgIpc) is 3.23. The Balaban J connectivity index is 1.50. The molecule has 4 aromatic rings. The topological polar surface area (TPSA) is 113 Å². The minimum atomic E-state index is -0.408. The Kier molecular flexibility index (Phi) is 5.59. The molecule has 2 heterocycles. The predicted octanol–water partition coefficient (Wildman–Crippen LogP) is 4.68. The number of aromatic nitrogens is 2. The van der Waals surface area contributed by atoms with Crippen LogP contribution in [0, 0.1) is 10.1 Å². The van der Waals surface area contributed by atoms with Crippen LogP contribution >= 0.6 is 0 Å². The Morgan fingerprint density at radius 2 is 1.94 bits per heavy atom. The highest BCUT2D eigenvalue weighted by atomic mass is 16.6. The number of anilines is 2. The van der Waals surface area contributed by atoms with Crippen molar-refractivity contribution in [2.45, 2.75) is 19.9 Å². The summed E-state index contributed by atoms with van der Waals surface area (Å²) in [6.07, 6.45) is 0.875. The molecule has 5 rings (SSSR count). The molecular formula is C25H23N5O4. The first-order valence-corrected chi connectivity index (χ1v) is 11.1. The van der Waals surface area contributed by atoms with Crippen molar-refractivity contribution in [3.63, 3.8) is 0 Å². The molecule has 9 heteroatoms. The van der Waals surface area contributed by atoms with E-state index in [2.05, 4.69) is 15.2 Å². The highest BCUT2D eigenvalue weighted by Crippen LogP contribution is 2.36. The second kappa shape index (κ2) is 8.86. The third-order valence-electron chi connectivity index (χ3n) is 5.75. The number of ether oxygens (including phenoxy) is 1. The summed E-state index contributed by atoms with van der Waals surface area (Å²) in [5.74, 6) is 1.13. The number of nitro benzene ring substituents is 1. The summed E-state index contributed by atoms with van der Waals surface area (Å²) in [5.41, 5.74) is 3.88. The number of hydrogen-bond acceptors (Lipinski definition) is 7. The van der Waals surface area contributed by atoms with Crippen molar-refractivity contribution in [2.75, 3.05) is 23.5 Å². The minimum Gasteiger partial charge on any atom is -0.493 e. The van der Waals surface area contributed by atoms with Gasteiger partial charge in [0.15, 0.2) is 0 Å². The number of rotatable bonds is 7. The van der Waals surface area contributed by atoms with Crippen molar-refractivity contribution >= 4 is 28.0 Å². The lowest BCUT2D eigenvalue weighted by Crippen LogP contribution is -2.22. The molecule has 2 N–H and O–H groups in total. The van der Waals surface area contributed by atoms with E-state index >= 15 is 0 Å². The number of benzene rings is 3. The zero-order valence-corrected chi connectivity index (χ0v) is 18.6. The van der Waals surface area contributed by atoms with Crippen LogP contribution in [-0.2, 0) is 6.54 Å². The van der Waals surface area contributed by atoms with Crippen LogP contribution in [-0.4, -0.2) is 28.2 Å². The Hall–Kier alpha value is -4.40. The van der Waals surface area contributed by atoms with E-state index in [0.717, 1.165) is 28.9 Å². The van der Waals surface area contributed by atoms with Gasteiger partial charge in [-0.25, -0.2) is 4.98 Å². The monoisotopic (exact) mass is 457 g/mol. The van der Waals surface area contributed by atoms with Gasteiger partial charge in [0, 0.05) is 18.7 Å². The van der Waals surface area contributed by atoms with Crippen molar-refractivity contribution in [1.29, 1.82) is 0 Å². The van der Waals surface area contributed by atoms with Crippen LogP contribution in [0.2, 0.25) is 0 Å². The molecule has 0 radical (unpaired) electrons. The third-order valence-corrected chi connectivity index (χ3v) is 5.75. The predicted molar refractivity (Wildman–Crippen MR) is 131 cm³/mol. The second-order valence-corrected chi connectivity index (χ2v) is 8.10. The van der Waals surface area contributed by atoms with Crippen LogP contribution in [0.5, 0.6) is 5.75 Å². The van der Waals surface area contributed by atoms with Crippen molar-refractivity contribution in [1.82, 2.24) is 9.97 Å². The number of para-hydroxylation sites is 1. The van der Waals surface area contributed by atoms with Crippen LogP contribution < -0.4 is 20.5 Å². The van der Waals surface area contributed by atoms with Crippen molar-refractivity contribution in [3.05, 3.63) is 86.7 Å². The van der Waals surface area contributed by atoms with E-state index in [0.29, 0.717) is 42.3 Å². The minimum absolute atomic E-state index is 0.0637. The van der Waals surface area contributed by atoms with E-state index in [4.69, 9.17) is 9.72 Å². The molecule has 0 bridgehead atoms. The summed E-state index contributed by atoms with van der Waals surface area (Å²) in [6.45, 7) is 3.73. The largest absolute Gasteiger partial charge is 0.493 e. The maximum absolute atomic E-state index is 12.9. The lowest BCUT2D eigenvalue weighted by atomic mass is 10.1. The molecule has 0 fully saturated rings. The maximum Gasteiger partial charge on any atom is 0.269 e. The number of hydrogen-bond donors (Lipinski definition) is 2. The molecule has 0 spiro atoms. The van der Waals surface area contributed by atoms with Gasteiger partial charge >= 0.3 is 0 Å². The first kappa shape index (κ1) is 21.4. The summed E-state index contributed by atoms with van der Waals surface area (Å²) in [4.78, 5) is 33.2. The fourth-order valence-electron chi connectivity index (χ4n) is 4.06. The summed E-state index contributed by atoms with van der Waals surface area (Å²) in [5, 5.41) is 14.7. The molecular weight excluding hydrogens is 434 g/mol. The highest BCUT2D eigenvalue weighted by Gasteiger charge is 2.22. The van der Waals surface area contributed by atoms with Crippen LogP contribution in [0.15, 0.2) is 65.5 Å². The van der Waals surface area contributed by atoms with Gasteiger partial charge in [0.2, 0.25) is 0 Å². The standard InChI is InChI=1S/C25H23N5O4/c1-2-11-34-23-6-4-3-5-18(23)24-27-20-13-22-21(12-19(20)25(31)28-24)26-15-29(22)14-16-7-9-17(10-8-16)30(32)33/h3-10,12-13,26H,2,11,14-15H2,1H3,(H,27,28,31). The Labute approximate surface area is 195 Å². The molecule has 34 heavy (non-hydrogen) atoms. The number of H-pyrrole nitrogens is 1. The number of nitrogens with one attached hydrogen (secondary N) is 2. The van der Waals surface area contributed by atoms with Gasteiger partial charge in [0.1, 0.15) is 11.6 Å². The van der Waals surface area contributed by atoms with Gasteiger partial charge in [0.05, 0.1) is 46.0 Å². The van der Waals surface area contributed by atoms with Crippen LogP contribution in [0.4, 0.5) is 17.1 Å². The summed E-state index contributed by atoms with van der Waals surface area (Å²) < 4.78 is 5.85. The van der Waals surface area contributed by atoms with Gasteiger partial charge in [-0.1, -0.05) is 31.2 Å². The normalized spacial score (nSPS) is 12.4. The number of nitrogens with zero attached hydrogens (tertiary/aromatic N) is 3. The van der Waals surface area contributed by atoms with E-state index in [1.807, 2.05) is 43.3 Å². The van der Waals surface area contributed by atoms with Gasteiger partial charge in [-0.15, -0.1) is 0 Å². The molecule has 1 aliphatic rings. The van der Waals surface area contributed by atoms with Gasteiger partial charge < -0.3 is 19.9 Å². The van der Waals surface area contributed by atoms with Gasteiger partial charge in [-0.2, -0.15) is 0 Å². The van der Waals surface area contributed by atoms with Gasteiger partial charge in [-0.05, 0) is 36.2 Å². The Morgan fingerprint density at radius 3 is 2.71 bits per heavy atom. The number of aromatic amines is 1. The lowest BCUT2D eigenvalue weighted by Gasteiger charge is -2.18. The number of nitro groups is 1. The maximum atomic E-state index is 12.9. The number of fused-ring (bicyclic) bond motifs is 2. The highest BCUT2D eigenvalue weighted by molar-refractivity contribution is 5.92. The Morgan fingerprint density at radius 1 is 1.15 bits per heavy atom. The molecule has 0 amide bonds. The molecule has 172 valence electrons. The zero-order chi connectivity index (χ0) is 23.7. The molecule has 0 saturated heterocycles. The third kappa shape index (κ3) is 4.03. The van der Waals surface area contributed by atoms with Crippen molar-refractivity contribution < 1.29 is 9.66 Å². The van der Waals surface area contributed by atoms with Crippen LogP contribution in [0.25, 0.3) is 22.3 Å². The molecule has 0 saturated carbocycles. The molecule has 9 nitrogen and oxygen atoms in total. The molecule has 3 aromatic carbocycles. The number of non-ortho nitro benzene ring substituents is 1. The fourth-order valence-corrected chi connectivity index (χ4v) is 4.06. The second-order valence-electron chi connectivity index (χ2n) is 8.10. The van der Waals surface area contributed by atoms with Gasteiger partial charge in [0.25, 0.3) is 11.2 Å². The zero-order valence-electron chi connectivity index (χ0n) is 18.6. The van der Waals surface area contributed by atoms with E-state index < -0.39 is 4.92 Å². The quantitative estimate of drug-likeness (QED) is 0.306. The first-order valence-electron chi connectivity index (χ1n) is 11.1. The van der Waals surface area contributed by atoms with E-state index in [9.17, 15) is 14.9 Å². The molecule has 0 atom stereocenters. The van der Waals surface area contributed by atoms with E-state index in [1.165, 1.54) is 12.1 Å². The van der Waals surface area contributed by atoms with E-state index in [-0.39, 0.29) is 11.2 Å². The summed E-state index contributed by atoms with van der Waals surface area (Å²) in [7, 11) is 0. The van der Waals surface area contributed by atoms with Crippen LogP contribution in [0.3, 0.4) is 0 Å². The Bertz CT molecular complexity index is 1430. The van der Waals surface area contributed by atoms with Crippen LogP contribution in [0.1, 0.15) is 18.9 Å². The smallest absolute Gasteiger partial charge is 0.269 e. The average molecular weight is 457 g/mol. The first-order chi connectivity index (χ1) is 16.5. The van der Waals surface area contributed by atoms with Crippen molar-refractivity contribution in [3.8, 4) is 17.1 Å². The summed E-state index contributed by atoms with van der Waals surface area (Å²) >= 11 is 0. The van der Waals surface area contributed by atoms with Gasteiger partial charge in [-0.3, -0.25) is 14.9 Å². The summed E-state index contributed by atoms with van der Waals surface area (Å²) in [6, 6.07) is 17.8. The fraction of sp³-hybridized carbons (Fsp3) is 0.200. The van der Waals surface area contributed by atoms with Crippen molar-refractivity contribution in [2.24, 2.45) is 0 Å². The molecule has 0 aliphatic carbocycles. The molecule has 1 aliphatic heterocycles. The molecule has 1 aromatic heterocycles. The molecule has 0 unspecified atom stereocenters. The SMILES string of the molecule is CCCOc1ccccc1-c1nc2cc3c(cc2c(=O)[nH]1)NCN3Cc1ccc([N+](=O)[O-])cc1.